The van der Waals surface area contributed by atoms with Gasteiger partial charge in [0.05, 0.1) is 48.7 Å². The van der Waals surface area contributed by atoms with Crippen molar-refractivity contribution in [3.05, 3.63) is 107 Å². The summed E-state index contributed by atoms with van der Waals surface area (Å²) in [5.41, 5.74) is 0.333. The van der Waals surface area contributed by atoms with Gasteiger partial charge in [0.25, 0.3) is 0 Å². The predicted molar refractivity (Wildman–Crippen MR) is 195 cm³/mol. The smallest absolute Gasteiger partial charge is 0.339 e. The highest BCUT2D eigenvalue weighted by molar-refractivity contribution is 6.35. The first-order valence-electron chi connectivity index (χ1n) is 16.7. The van der Waals surface area contributed by atoms with Gasteiger partial charge in [-0.1, -0.05) is 72.8 Å². The van der Waals surface area contributed by atoms with E-state index < -0.39 is 23.9 Å². The number of hydrogen-bond acceptors (Lipinski definition) is 8. The second kappa shape index (κ2) is 13.1. The number of rotatable bonds is 8. The molecule has 0 heterocycles. The van der Waals surface area contributed by atoms with Crippen molar-refractivity contribution in [2.45, 2.75) is 27.7 Å². The Morgan fingerprint density at radius 1 is 0.380 bits per heavy atom. The third-order valence-corrected chi connectivity index (χ3v) is 9.05. The van der Waals surface area contributed by atoms with Crippen LogP contribution < -0.4 is 0 Å². The van der Waals surface area contributed by atoms with Gasteiger partial charge in [-0.3, -0.25) is 0 Å². The average Bonchev–Trinajstić information content (AvgIpc) is 3.12. The van der Waals surface area contributed by atoms with Crippen molar-refractivity contribution in [1.29, 1.82) is 0 Å². The van der Waals surface area contributed by atoms with Crippen LogP contribution in [0.2, 0.25) is 0 Å². The second-order valence-electron chi connectivity index (χ2n) is 11.7. The summed E-state index contributed by atoms with van der Waals surface area (Å²) in [5, 5.41) is 7.58. The minimum absolute atomic E-state index is 0.0622. The lowest BCUT2D eigenvalue weighted by atomic mass is 9.84. The molecule has 50 heavy (non-hydrogen) atoms. The maximum absolute atomic E-state index is 14.1. The van der Waals surface area contributed by atoms with Crippen molar-refractivity contribution in [3.8, 4) is 0 Å². The molecule has 250 valence electrons. The summed E-state index contributed by atoms with van der Waals surface area (Å²) in [5.74, 6) is -2.67. The number of esters is 4. The third kappa shape index (κ3) is 5.06. The minimum Gasteiger partial charge on any atom is -0.462 e. The Hall–Kier alpha value is -6.02. The number of benzene rings is 7. The van der Waals surface area contributed by atoms with E-state index in [9.17, 15) is 19.2 Å². The Labute approximate surface area is 287 Å². The zero-order valence-corrected chi connectivity index (χ0v) is 28.2. The lowest BCUT2D eigenvalue weighted by Crippen LogP contribution is -2.17. The lowest BCUT2D eigenvalue weighted by Gasteiger charge is -2.21. The molecular formula is C42H34O8. The molecule has 0 spiro atoms. The molecule has 0 radical (unpaired) electrons. The molecule has 0 bridgehead atoms. The van der Waals surface area contributed by atoms with Gasteiger partial charge in [0.15, 0.2) is 0 Å². The van der Waals surface area contributed by atoms with E-state index in [1.807, 2.05) is 84.9 Å². The Morgan fingerprint density at radius 3 is 1.08 bits per heavy atom. The molecule has 0 aliphatic heterocycles. The highest BCUT2D eigenvalue weighted by Crippen LogP contribution is 2.44. The topological polar surface area (TPSA) is 105 Å². The quantitative estimate of drug-likeness (QED) is 0.0684. The minimum atomic E-state index is -0.682. The van der Waals surface area contributed by atoms with Crippen LogP contribution in [0.5, 0.6) is 0 Å². The SMILES string of the molecule is CCOC(=O)c1c(C(=O)OCC)c2c3ccccc3ccc2c2cc3c(C(=O)OCC)c(C(=O)OCC)c4c5ccccc5ccc4c3cc12. The van der Waals surface area contributed by atoms with Crippen LogP contribution in [0.4, 0.5) is 0 Å². The molecule has 0 unspecified atom stereocenters. The lowest BCUT2D eigenvalue weighted by molar-refractivity contribution is 0.0482. The van der Waals surface area contributed by atoms with Gasteiger partial charge >= 0.3 is 23.9 Å². The first-order chi connectivity index (χ1) is 24.3. The summed E-state index contributed by atoms with van der Waals surface area (Å²) < 4.78 is 22.4. The predicted octanol–water partition coefficient (Wildman–Crippen LogP) is 9.31. The molecular weight excluding hydrogens is 632 g/mol. The van der Waals surface area contributed by atoms with Crippen LogP contribution >= 0.6 is 0 Å². The molecule has 0 N–H and O–H groups in total. The molecule has 0 aliphatic carbocycles. The maximum Gasteiger partial charge on any atom is 0.339 e. The van der Waals surface area contributed by atoms with Crippen LogP contribution in [0.15, 0.2) is 84.9 Å². The first kappa shape index (κ1) is 32.5. The Bertz CT molecular complexity index is 2390. The molecule has 0 saturated heterocycles. The van der Waals surface area contributed by atoms with Gasteiger partial charge in [0.2, 0.25) is 0 Å². The summed E-state index contributed by atoms with van der Waals surface area (Å²) in [4.78, 5) is 56.0. The molecule has 8 heteroatoms. The highest BCUT2D eigenvalue weighted by Gasteiger charge is 2.31. The molecule has 0 amide bonds. The molecule has 7 aromatic rings. The summed E-state index contributed by atoms with van der Waals surface area (Å²) in [7, 11) is 0. The average molecular weight is 667 g/mol. The van der Waals surface area contributed by atoms with Crippen LogP contribution in [-0.4, -0.2) is 50.3 Å². The number of hydrogen-bond donors (Lipinski definition) is 0. The number of carbonyl (C=O) groups is 4. The van der Waals surface area contributed by atoms with Crippen molar-refractivity contribution in [1.82, 2.24) is 0 Å². The maximum atomic E-state index is 14.1. The fraction of sp³-hybridized carbons (Fsp3) is 0.190. The number of fused-ring (bicyclic) bond motifs is 10. The van der Waals surface area contributed by atoms with E-state index >= 15 is 0 Å². The largest absolute Gasteiger partial charge is 0.462 e. The molecule has 0 aliphatic rings. The van der Waals surface area contributed by atoms with Crippen LogP contribution in [0.1, 0.15) is 69.1 Å². The van der Waals surface area contributed by atoms with Crippen molar-refractivity contribution in [2.75, 3.05) is 26.4 Å². The van der Waals surface area contributed by atoms with Gasteiger partial charge in [0, 0.05) is 10.8 Å². The molecule has 0 saturated carbocycles. The van der Waals surface area contributed by atoms with Gasteiger partial charge in [-0.2, -0.15) is 0 Å². The van der Waals surface area contributed by atoms with E-state index in [-0.39, 0.29) is 48.7 Å². The molecule has 0 fully saturated rings. The zero-order valence-electron chi connectivity index (χ0n) is 28.2. The monoisotopic (exact) mass is 666 g/mol. The molecule has 0 atom stereocenters. The Kier molecular flexibility index (Phi) is 8.53. The van der Waals surface area contributed by atoms with E-state index in [1.54, 1.807) is 27.7 Å². The van der Waals surface area contributed by atoms with Crippen LogP contribution in [0.25, 0.3) is 64.6 Å². The molecule has 8 nitrogen and oxygen atoms in total. The van der Waals surface area contributed by atoms with Gasteiger partial charge < -0.3 is 18.9 Å². The van der Waals surface area contributed by atoms with Gasteiger partial charge in [-0.25, -0.2) is 19.2 Å². The fourth-order valence-electron chi connectivity index (χ4n) is 7.15. The van der Waals surface area contributed by atoms with E-state index in [0.29, 0.717) is 43.1 Å². The van der Waals surface area contributed by atoms with Crippen LogP contribution in [0.3, 0.4) is 0 Å². The summed E-state index contributed by atoms with van der Waals surface area (Å²) in [6.45, 7) is 7.19. The van der Waals surface area contributed by atoms with E-state index in [4.69, 9.17) is 18.9 Å². The standard InChI is InChI=1S/C42H34O8/c1-5-47-39(43)35-31-21-30-28-20-18-24-14-10-12-16-26(24)34(28)38(42(46)50-8-4)36(40(44)48-6-2)32(30)22-29(31)27-19-17-23-13-9-11-15-25(23)33(27)37(35)41(45)49-7-3/h9-22H,5-8H2,1-4H3. The van der Waals surface area contributed by atoms with Crippen molar-refractivity contribution < 1.29 is 38.1 Å². The molecule has 7 aromatic carbocycles. The van der Waals surface area contributed by atoms with Gasteiger partial charge in [-0.05, 0) is 93.7 Å². The second-order valence-corrected chi connectivity index (χ2v) is 11.7. The third-order valence-electron chi connectivity index (χ3n) is 9.05. The van der Waals surface area contributed by atoms with Crippen molar-refractivity contribution in [2.24, 2.45) is 0 Å². The first-order valence-corrected chi connectivity index (χ1v) is 16.7. The number of carbonyl (C=O) groups excluding carboxylic acids is 4. The van der Waals surface area contributed by atoms with Crippen LogP contribution in [-0.2, 0) is 18.9 Å². The van der Waals surface area contributed by atoms with Crippen LogP contribution in [0, 0.1) is 0 Å². The Morgan fingerprint density at radius 2 is 0.720 bits per heavy atom. The van der Waals surface area contributed by atoms with E-state index in [1.165, 1.54) is 0 Å². The Balaban J connectivity index is 1.81. The van der Waals surface area contributed by atoms with Gasteiger partial charge in [-0.15, -0.1) is 0 Å². The van der Waals surface area contributed by atoms with E-state index in [2.05, 4.69) is 0 Å². The van der Waals surface area contributed by atoms with E-state index in [0.717, 1.165) is 21.5 Å². The fourth-order valence-corrected chi connectivity index (χ4v) is 7.15. The summed E-state index contributed by atoms with van der Waals surface area (Å²) in [6, 6.07) is 26.5. The highest BCUT2D eigenvalue weighted by atomic mass is 16.5. The zero-order chi connectivity index (χ0) is 35.1. The normalized spacial score (nSPS) is 11.4. The summed E-state index contributed by atoms with van der Waals surface area (Å²) >= 11 is 0. The molecule has 0 aromatic heterocycles. The van der Waals surface area contributed by atoms with Crippen molar-refractivity contribution in [3.63, 3.8) is 0 Å². The van der Waals surface area contributed by atoms with Gasteiger partial charge in [0.1, 0.15) is 0 Å². The molecule has 7 rings (SSSR count). The summed E-state index contributed by atoms with van der Waals surface area (Å²) in [6.07, 6.45) is 0. The number of ether oxygens (including phenoxy) is 4. The van der Waals surface area contributed by atoms with Crippen molar-refractivity contribution >= 4 is 88.5 Å².